The monoisotopic (exact) mass is 165 g/mol. The van der Waals surface area contributed by atoms with Gasteiger partial charge in [-0.3, -0.25) is 0 Å². The third kappa shape index (κ3) is 2.32. The fourth-order valence-electron chi connectivity index (χ4n) is 1.08. The zero-order chi connectivity index (χ0) is 8.97. The molecular formula is C10H15NO. The molecule has 2 nitrogen and oxygen atoms in total. The Labute approximate surface area is 73.3 Å². The molecule has 0 fully saturated rings. The van der Waals surface area contributed by atoms with E-state index in [0.29, 0.717) is 6.61 Å². The molecule has 2 N–H and O–H groups in total. The van der Waals surface area contributed by atoms with E-state index in [9.17, 15) is 0 Å². The van der Waals surface area contributed by atoms with Crippen LogP contribution < -0.4 is 5.73 Å². The highest BCUT2D eigenvalue weighted by Crippen LogP contribution is 2.10. The predicted molar refractivity (Wildman–Crippen MR) is 49.8 cm³/mol. The molecule has 1 aromatic rings. The highest BCUT2D eigenvalue weighted by molar-refractivity contribution is 5.23. The van der Waals surface area contributed by atoms with E-state index >= 15 is 0 Å². The highest BCUT2D eigenvalue weighted by atomic mass is 16.5. The SMILES string of the molecule is COCc1ccc([C@@H](C)N)cc1. The van der Waals surface area contributed by atoms with Crippen molar-refractivity contribution in [3.8, 4) is 0 Å². The van der Waals surface area contributed by atoms with Crippen molar-refractivity contribution in [2.24, 2.45) is 5.73 Å². The Kier molecular flexibility index (Phi) is 3.26. The molecule has 12 heavy (non-hydrogen) atoms. The molecule has 0 aromatic heterocycles. The molecule has 0 amide bonds. The van der Waals surface area contributed by atoms with E-state index in [0.717, 1.165) is 5.56 Å². The van der Waals surface area contributed by atoms with Gasteiger partial charge in [0, 0.05) is 13.2 Å². The molecule has 1 rings (SSSR count). The summed E-state index contributed by atoms with van der Waals surface area (Å²) in [6, 6.07) is 8.28. The van der Waals surface area contributed by atoms with Crippen molar-refractivity contribution >= 4 is 0 Å². The molecule has 66 valence electrons. The number of ether oxygens (including phenoxy) is 1. The van der Waals surface area contributed by atoms with Crippen LogP contribution in [-0.4, -0.2) is 7.11 Å². The van der Waals surface area contributed by atoms with Crippen LogP contribution in [0.5, 0.6) is 0 Å². The van der Waals surface area contributed by atoms with Crippen molar-refractivity contribution in [2.45, 2.75) is 19.6 Å². The van der Waals surface area contributed by atoms with Gasteiger partial charge in [-0.25, -0.2) is 0 Å². The number of hydrogen-bond acceptors (Lipinski definition) is 2. The van der Waals surface area contributed by atoms with Gasteiger partial charge >= 0.3 is 0 Å². The van der Waals surface area contributed by atoms with Gasteiger partial charge in [0.1, 0.15) is 0 Å². The Morgan fingerprint density at radius 2 is 1.92 bits per heavy atom. The summed E-state index contributed by atoms with van der Waals surface area (Å²) < 4.78 is 5.00. The van der Waals surface area contributed by atoms with Crippen molar-refractivity contribution < 1.29 is 4.74 Å². The standard InChI is InChI=1S/C10H15NO/c1-8(11)10-5-3-9(4-6-10)7-12-2/h3-6,8H,7,11H2,1-2H3/t8-/m1/s1. The minimum Gasteiger partial charge on any atom is -0.380 e. The number of benzene rings is 1. The quantitative estimate of drug-likeness (QED) is 0.741. The largest absolute Gasteiger partial charge is 0.380 e. The second kappa shape index (κ2) is 4.24. The second-order valence-electron chi connectivity index (χ2n) is 2.96. The van der Waals surface area contributed by atoms with Crippen molar-refractivity contribution in [1.29, 1.82) is 0 Å². The van der Waals surface area contributed by atoms with Crippen molar-refractivity contribution in [2.75, 3.05) is 7.11 Å². The lowest BCUT2D eigenvalue weighted by Crippen LogP contribution is -2.04. The van der Waals surface area contributed by atoms with Gasteiger partial charge in [0.15, 0.2) is 0 Å². The van der Waals surface area contributed by atoms with E-state index in [1.165, 1.54) is 5.56 Å². The minimum absolute atomic E-state index is 0.113. The van der Waals surface area contributed by atoms with Gasteiger partial charge in [-0.1, -0.05) is 24.3 Å². The van der Waals surface area contributed by atoms with E-state index in [4.69, 9.17) is 10.5 Å². The number of methoxy groups -OCH3 is 1. The molecule has 0 unspecified atom stereocenters. The maximum Gasteiger partial charge on any atom is 0.0713 e. The maximum atomic E-state index is 5.71. The fourth-order valence-corrected chi connectivity index (χ4v) is 1.08. The van der Waals surface area contributed by atoms with Gasteiger partial charge in [0.25, 0.3) is 0 Å². The van der Waals surface area contributed by atoms with Crippen LogP contribution in [-0.2, 0) is 11.3 Å². The van der Waals surface area contributed by atoms with E-state index < -0.39 is 0 Å². The zero-order valence-electron chi connectivity index (χ0n) is 7.58. The number of nitrogens with two attached hydrogens (primary N) is 1. The lowest BCUT2D eigenvalue weighted by atomic mass is 10.1. The Morgan fingerprint density at radius 1 is 1.33 bits per heavy atom. The molecule has 0 radical (unpaired) electrons. The Balaban J connectivity index is 2.71. The van der Waals surface area contributed by atoms with Gasteiger partial charge in [0.05, 0.1) is 6.61 Å². The fraction of sp³-hybridized carbons (Fsp3) is 0.400. The summed E-state index contributed by atoms with van der Waals surface area (Å²) in [5.41, 5.74) is 8.05. The van der Waals surface area contributed by atoms with Crippen molar-refractivity contribution in [3.63, 3.8) is 0 Å². The average Bonchev–Trinajstić information content (AvgIpc) is 2.06. The summed E-state index contributed by atoms with van der Waals surface area (Å²) in [5.74, 6) is 0. The molecule has 1 aromatic carbocycles. The van der Waals surface area contributed by atoms with Gasteiger partial charge in [-0.05, 0) is 18.1 Å². The van der Waals surface area contributed by atoms with Crippen LogP contribution in [0.15, 0.2) is 24.3 Å². The predicted octanol–water partition coefficient (Wildman–Crippen LogP) is 1.85. The number of hydrogen-bond donors (Lipinski definition) is 1. The molecule has 0 bridgehead atoms. The first-order valence-corrected chi connectivity index (χ1v) is 4.07. The van der Waals surface area contributed by atoms with Crippen LogP contribution >= 0.6 is 0 Å². The summed E-state index contributed by atoms with van der Waals surface area (Å²) in [6.07, 6.45) is 0. The Bertz CT molecular complexity index is 228. The minimum atomic E-state index is 0.113. The average molecular weight is 165 g/mol. The van der Waals surface area contributed by atoms with E-state index in [1.54, 1.807) is 7.11 Å². The smallest absolute Gasteiger partial charge is 0.0713 e. The molecule has 2 heteroatoms. The lowest BCUT2D eigenvalue weighted by molar-refractivity contribution is 0.185. The summed E-state index contributed by atoms with van der Waals surface area (Å²) >= 11 is 0. The molecule has 0 aliphatic rings. The van der Waals surface area contributed by atoms with Crippen LogP contribution in [0.1, 0.15) is 24.1 Å². The molecule has 0 spiro atoms. The molecular weight excluding hydrogens is 150 g/mol. The third-order valence-electron chi connectivity index (χ3n) is 1.82. The second-order valence-corrected chi connectivity index (χ2v) is 2.96. The molecule has 0 saturated carbocycles. The third-order valence-corrected chi connectivity index (χ3v) is 1.82. The Hall–Kier alpha value is -0.860. The highest BCUT2D eigenvalue weighted by Gasteiger charge is 1.97. The van der Waals surface area contributed by atoms with E-state index in [-0.39, 0.29) is 6.04 Å². The molecule has 0 heterocycles. The van der Waals surface area contributed by atoms with Crippen LogP contribution in [0.3, 0.4) is 0 Å². The van der Waals surface area contributed by atoms with Gasteiger partial charge in [-0.2, -0.15) is 0 Å². The van der Waals surface area contributed by atoms with E-state index in [2.05, 4.69) is 0 Å². The van der Waals surface area contributed by atoms with Crippen LogP contribution in [0, 0.1) is 0 Å². The molecule has 0 aliphatic heterocycles. The van der Waals surface area contributed by atoms with Gasteiger partial charge < -0.3 is 10.5 Å². The van der Waals surface area contributed by atoms with Gasteiger partial charge in [0.2, 0.25) is 0 Å². The maximum absolute atomic E-state index is 5.71. The first-order chi connectivity index (χ1) is 5.74. The first kappa shape index (κ1) is 9.23. The molecule has 0 saturated heterocycles. The topological polar surface area (TPSA) is 35.2 Å². The van der Waals surface area contributed by atoms with Crippen molar-refractivity contribution in [1.82, 2.24) is 0 Å². The summed E-state index contributed by atoms with van der Waals surface area (Å²) in [7, 11) is 1.69. The lowest BCUT2D eigenvalue weighted by Gasteiger charge is -2.05. The van der Waals surface area contributed by atoms with Crippen LogP contribution in [0.2, 0.25) is 0 Å². The van der Waals surface area contributed by atoms with E-state index in [1.807, 2.05) is 31.2 Å². The summed E-state index contributed by atoms with van der Waals surface area (Å²) in [6.45, 7) is 2.64. The van der Waals surface area contributed by atoms with Crippen LogP contribution in [0.4, 0.5) is 0 Å². The number of rotatable bonds is 3. The zero-order valence-corrected chi connectivity index (χ0v) is 7.58. The molecule has 0 aliphatic carbocycles. The summed E-state index contributed by atoms with van der Waals surface area (Å²) in [4.78, 5) is 0. The summed E-state index contributed by atoms with van der Waals surface area (Å²) in [5, 5.41) is 0. The van der Waals surface area contributed by atoms with Crippen molar-refractivity contribution in [3.05, 3.63) is 35.4 Å². The van der Waals surface area contributed by atoms with Crippen LogP contribution in [0.25, 0.3) is 0 Å². The molecule has 1 atom stereocenters. The first-order valence-electron chi connectivity index (χ1n) is 4.07. The van der Waals surface area contributed by atoms with Gasteiger partial charge in [-0.15, -0.1) is 0 Å². The normalized spacial score (nSPS) is 12.9. The Morgan fingerprint density at radius 3 is 2.33 bits per heavy atom.